The van der Waals surface area contributed by atoms with Gasteiger partial charge in [0.15, 0.2) is 16.6 Å². The zero-order valence-electron chi connectivity index (χ0n) is 17.6. The summed E-state index contributed by atoms with van der Waals surface area (Å²) in [5.74, 6) is 1.77. The van der Waals surface area contributed by atoms with Gasteiger partial charge in [-0.15, -0.1) is 0 Å². The highest BCUT2D eigenvalue weighted by Gasteiger charge is 2.32. The highest BCUT2D eigenvalue weighted by molar-refractivity contribution is 7.80. The lowest BCUT2D eigenvalue weighted by Gasteiger charge is -2.39. The maximum absolute atomic E-state index is 6.15. The SMILES string of the molecule is COc1cc([C@H]2c3cccn3CCN2C(=S)Nc2cccc(Cl)c2)cc(OC)c1OC. The summed E-state index contributed by atoms with van der Waals surface area (Å²) in [5.41, 5.74) is 2.97. The maximum Gasteiger partial charge on any atom is 0.203 e. The Morgan fingerprint density at radius 2 is 1.74 bits per heavy atom. The Labute approximate surface area is 192 Å². The molecule has 0 saturated heterocycles. The van der Waals surface area contributed by atoms with Gasteiger partial charge in [-0.05, 0) is 60.2 Å². The first kappa shape index (κ1) is 21.3. The molecular formula is C23H24ClN3O3S. The van der Waals surface area contributed by atoms with Crippen LogP contribution in [0.5, 0.6) is 17.2 Å². The molecule has 0 fully saturated rings. The second kappa shape index (κ2) is 9.08. The highest BCUT2D eigenvalue weighted by atomic mass is 35.5. The number of thiocarbonyl (C=S) groups is 1. The van der Waals surface area contributed by atoms with Gasteiger partial charge in [0.05, 0.1) is 27.4 Å². The molecule has 8 heteroatoms. The van der Waals surface area contributed by atoms with Crippen LogP contribution in [0.2, 0.25) is 5.02 Å². The monoisotopic (exact) mass is 457 g/mol. The molecule has 1 aliphatic heterocycles. The lowest BCUT2D eigenvalue weighted by atomic mass is 9.99. The van der Waals surface area contributed by atoms with Gasteiger partial charge in [-0.3, -0.25) is 0 Å². The minimum absolute atomic E-state index is 0.128. The molecule has 0 bridgehead atoms. The Hall–Kier alpha value is -2.90. The zero-order valence-corrected chi connectivity index (χ0v) is 19.2. The van der Waals surface area contributed by atoms with E-state index in [9.17, 15) is 0 Å². The van der Waals surface area contributed by atoms with Crippen molar-refractivity contribution in [2.75, 3.05) is 33.2 Å². The van der Waals surface area contributed by atoms with E-state index in [4.69, 9.17) is 38.0 Å². The summed E-state index contributed by atoms with van der Waals surface area (Å²) in [7, 11) is 4.84. The first-order valence-electron chi connectivity index (χ1n) is 9.84. The molecule has 31 heavy (non-hydrogen) atoms. The molecule has 2 aromatic carbocycles. The number of hydrogen-bond acceptors (Lipinski definition) is 4. The molecule has 0 unspecified atom stereocenters. The van der Waals surface area contributed by atoms with Crippen LogP contribution < -0.4 is 19.5 Å². The zero-order chi connectivity index (χ0) is 22.0. The normalized spacial score (nSPS) is 15.2. The number of ether oxygens (including phenoxy) is 3. The second-order valence-electron chi connectivity index (χ2n) is 7.12. The van der Waals surface area contributed by atoms with Crippen molar-refractivity contribution in [1.82, 2.24) is 9.47 Å². The van der Waals surface area contributed by atoms with Crippen molar-refractivity contribution >= 4 is 34.6 Å². The Bertz CT molecular complexity index is 1080. The van der Waals surface area contributed by atoms with E-state index in [1.54, 1.807) is 21.3 Å². The Morgan fingerprint density at radius 3 is 2.39 bits per heavy atom. The van der Waals surface area contributed by atoms with Crippen molar-refractivity contribution in [1.29, 1.82) is 0 Å². The summed E-state index contributed by atoms with van der Waals surface area (Å²) in [5, 5.41) is 4.60. The second-order valence-corrected chi connectivity index (χ2v) is 7.94. The predicted octanol–water partition coefficient (Wildman–Crippen LogP) is 4.97. The fourth-order valence-corrected chi connectivity index (χ4v) is 4.48. The molecular weight excluding hydrogens is 434 g/mol. The van der Waals surface area contributed by atoms with Gasteiger partial charge < -0.3 is 29.0 Å². The number of fused-ring (bicyclic) bond motifs is 1. The van der Waals surface area contributed by atoms with Gasteiger partial charge in [0.25, 0.3) is 0 Å². The molecule has 0 saturated carbocycles. The topological polar surface area (TPSA) is 47.9 Å². The van der Waals surface area contributed by atoms with Gasteiger partial charge in [-0.2, -0.15) is 0 Å². The van der Waals surface area contributed by atoms with E-state index in [1.165, 1.54) is 0 Å². The summed E-state index contributed by atoms with van der Waals surface area (Å²) < 4.78 is 18.9. The average Bonchev–Trinajstić information content (AvgIpc) is 3.26. The van der Waals surface area contributed by atoms with Crippen molar-refractivity contribution in [2.45, 2.75) is 12.6 Å². The molecule has 6 nitrogen and oxygen atoms in total. The molecule has 0 spiro atoms. The van der Waals surface area contributed by atoms with E-state index in [0.717, 1.165) is 30.0 Å². The lowest BCUT2D eigenvalue weighted by Crippen LogP contribution is -2.44. The third kappa shape index (κ3) is 4.16. The van der Waals surface area contributed by atoms with Gasteiger partial charge in [-0.25, -0.2) is 0 Å². The standard InChI is InChI=1S/C23H24ClN3O3S/c1-28-19-12-15(13-20(29-2)22(19)30-3)21-18-8-5-9-26(18)10-11-27(21)23(31)25-17-7-4-6-16(24)14-17/h4-9,12-14,21H,10-11H2,1-3H3,(H,25,31)/t21-/m0/s1. The largest absolute Gasteiger partial charge is 0.493 e. The van der Waals surface area contributed by atoms with Crippen molar-refractivity contribution in [3.8, 4) is 17.2 Å². The molecule has 4 rings (SSSR count). The van der Waals surface area contributed by atoms with Crippen LogP contribution in [0.25, 0.3) is 0 Å². The number of nitrogens with zero attached hydrogens (tertiary/aromatic N) is 2. The minimum atomic E-state index is -0.128. The molecule has 1 aromatic heterocycles. The third-order valence-corrected chi connectivity index (χ3v) is 5.95. The van der Waals surface area contributed by atoms with E-state index in [0.29, 0.717) is 27.4 Å². The van der Waals surface area contributed by atoms with Crippen LogP contribution >= 0.6 is 23.8 Å². The smallest absolute Gasteiger partial charge is 0.203 e. The average molecular weight is 458 g/mol. The van der Waals surface area contributed by atoms with E-state index in [1.807, 2.05) is 36.4 Å². The molecule has 1 atom stereocenters. The summed E-state index contributed by atoms with van der Waals surface area (Å²) in [4.78, 5) is 2.17. The number of benzene rings is 2. The molecule has 1 aliphatic rings. The van der Waals surface area contributed by atoms with E-state index < -0.39 is 0 Å². The summed E-state index contributed by atoms with van der Waals surface area (Å²) in [6.07, 6.45) is 2.09. The molecule has 0 amide bonds. The van der Waals surface area contributed by atoms with Gasteiger partial charge in [0.2, 0.25) is 5.75 Å². The highest BCUT2D eigenvalue weighted by Crippen LogP contribution is 2.43. The Balaban J connectivity index is 1.76. The first-order chi connectivity index (χ1) is 15.0. The maximum atomic E-state index is 6.15. The number of aromatic nitrogens is 1. The fourth-order valence-electron chi connectivity index (χ4n) is 3.97. The summed E-state index contributed by atoms with van der Waals surface area (Å²) in [6, 6.07) is 15.5. The predicted molar refractivity (Wildman–Crippen MR) is 127 cm³/mol. The number of rotatable bonds is 5. The number of hydrogen-bond donors (Lipinski definition) is 1. The van der Waals surface area contributed by atoms with Crippen LogP contribution in [0.4, 0.5) is 5.69 Å². The minimum Gasteiger partial charge on any atom is -0.493 e. The van der Waals surface area contributed by atoms with Gasteiger partial charge >= 0.3 is 0 Å². The molecule has 1 N–H and O–H groups in total. The van der Waals surface area contributed by atoms with Gasteiger partial charge in [0, 0.05) is 35.7 Å². The number of methoxy groups -OCH3 is 3. The van der Waals surface area contributed by atoms with Crippen LogP contribution in [0, 0.1) is 0 Å². The summed E-state index contributed by atoms with van der Waals surface area (Å²) in [6.45, 7) is 1.58. The Kier molecular flexibility index (Phi) is 6.25. The van der Waals surface area contributed by atoms with Crippen LogP contribution in [0.15, 0.2) is 54.7 Å². The third-order valence-electron chi connectivity index (χ3n) is 5.38. The van der Waals surface area contributed by atoms with Crippen molar-refractivity contribution in [2.24, 2.45) is 0 Å². The van der Waals surface area contributed by atoms with E-state index in [-0.39, 0.29) is 6.04 Å². The van der Waals surface area contributed by atoms with Gasteiger partial charge in [0.1, 0.15) is 0 Å². The van der Waals surface area contributed by atoms with Crippen LogP contribution in [0.1, 0.15) is 17.3 Å². The quantitative estimate of drug-likeness (QED) is 0.546. The molecule has 0 radical (unpaired) electrons. The molecule has 162 valence electrons. The van der Waals surface area contributed by atoms with Crippen LogP contribution in [-0.4, -0.2) is 42.5 Å². The van der Waals surface area contributed by atoms with Gasteiger partial charge in [-0.1, -0.05) is 17.7 Å². The van der Waals surface area contributed by atoms with E-state index >= 15 is 0 Å². The summed E-state index contributed by atoms with van der Waals surface area (Å²) >= 11 is 12.0. The number of anilines is 1. The van der Waals surface area contributed by atoms with Crippen molar-refractivity contribution in [3.05, 3.63) is 71.0 Å². The Morgan fingerprint density at radius 1 is 1.00 bits per heavy atom. The number of halogens is 1. The number of nitrogens with one attached hydrogen (secondary N) is 1. The van der Waals surface area contributed by atoms with Crippen molar-refractivity contribution in [3.63, 3.8) is 0 Å². The molecule has 2 heterocycles. The fraction of sp³-hybridized carbons (Fsp3) is 0.261. The van der Waals surface area contributed by atoms with Crippen molar-refractivity contribution < 1.29 is 14.2 Å². The molecule has 0 aliphatic carbocycles. The van der Waals surface area contributed by atoms with Crippen LogP contribution in [-0.2, 0) is 6.54 Å². The molecule has 3 aromatic rings. The van der Waals surface area contributed by atoms with Crippen LogP contribution in [0.3, 0.4) is 0 Å². The lowest BCUT2D eigenvalue weighted by molar-refractivity contribution is 0.288. The first-order valence-corrected chi connectivity index (χ1v) is 10.6. The van der Waals surface area contributed by atoms with E-state index in [2.05, 4.69) is 33.1 Å².